The summed E-state index contributed by atoms with van der Waals surface area (Å²) in [6.07, 6.45) is 0. The zero-order chi connectivity index (χ0) is 10.8. The van der Waals surface area contributed by atoms with Crippen LogP contribution in [0.25, 0.3) is 0 Å². The van der Waals surface area contributed by atoms with Crippen molar-refractivity contribution in [3.8, 4) is 5.75 Å². The summed E-state index contributed by atoms with van der Waals surface area (Å²) >= 11 is 3.27. The molecule has 0 unspecified atom stereocenters. The number of hydrogen-bond acceptors (Lipinski definition) is 3. The number of halogens is 1. The molecule has 0 spiro atoms. The molecular formula is C10H14BrNO2. The minimum atomic E-state index is -0.303. The van der Waals surface area contributed by atoms with Crippen LogP contribution in [0.1, 0.15) is 19.4 Å². The lowest BCUT2D eigenvalue weighted by Gasteiger charge is -2.24. The van der Waals surface area contributed by atoms with Gasteiger partial charge in [0.25, 0.3) is 0 Å². The van der Waals surface area contributed by atoms with Gasteiger partial charge in [-0.3, -0.25) is 0 Å². The third-order valence-electron chi connectivity index (χ3n) is 2.16. The zero-order valence-electron chi connectivity index (χ0n) is 8.25. The van der Waals surface area contributed by atoms with Crippen molar-refractivity contribution in [2.75, 3.05) is 6.61 Å². The Morgan fingerprint density at radius 3 is 2.71 bits per heavy atom. The van der Waals surface area contributed by atoms with E-state index in [0.717, 1.165) is 5.56 Å². The second-order valence-electron chi connectivity index (χ2n) is 3.83. The predicted molar refractivity (Wildman–Crippen MR) is 59.0 cm³/mol. The van der Waals surface area contributed by atoms with Crippen molar-refractivity contribution >= 4 is 15.9 Å². The summed E-state index contributed by atoms with van der Waals surface area (Å²) in [6, 6.07) is 5.52. The van der Waals surface area contributed by atoms with E-state index in [1.54, 1.807) is 6.07 Å². The molecule has 3 nitrogen and oxygen atoms in total. The van der Waals surface area contributed by atoms with Crippen molar-refractivity contribution in [3.63, 3.8) is 0 Å². The van der Waals surface area contributed by atoms with Crippen molar-refractivity contribution < 1.29 is 9.94 Å². The van der Waals surface area contributed by atoms with Crippen LogP contribution in [0.2, 0.25) is 0 Å². The molecule has 14 heavy (non-hydrogen) atoms. The van der Waals surface area contributed by atoms with Gasteiger partial charge < -0.3 is 9.94 Å². The maximum absolute atomic E-state index is 9.82. The Morgan fingerprint density at radius 2 is 2.14 bits per heavy atom. The number of benzene rings is 1. The first-order valence-electron chi connectivity index (χ1n) is 4.28. The molecule has 0 aromatic heterocycles. The van der Waals surface area contributed by atoms with E-state index in [0.29, 0.717) is 11.1 Å². The first-order valence-corrected chi connectivity index (χ1v) is 5.08. The number of phenolic OH excluding ortho intramolecular Hbond substituents is 1. The van der Waals surface area contributed by atoms with Crippen molar-refractivity contribution in [2.24, 2.45) is 5.90 Å². The minimum absolute atomic E-state index is 0.245. The van der Waals surface area contributed by atoms with Gasteiger partial charge in [0.2, 0.25) is 0 Å². The van der Waals surface area contributed by atoms with E-state index in [1.807, 2.05) is 26.0 Å². The van der Waals surface area contributed by atoms with E-state index in [2.05, 4.69) is 20.8 Å². The average molecular weight is 260 g/mol. The van der Waals surface area contributed by atoms with Gasteiger partial charge in [-0.2, -0.15) is 0 Å². The van der Waals surface area contributed by atoms with Crippen LogP contribution < -0.4 is 5.90 Å². The molecule has 1 aromatic rings. The van der Waals surface area contributed by atoms with Crippen molar-refractivity contribution in [2.45, 2.75) is 19.3 Å². The Hall–Kier alpha value is -0.580. The maximum atomic E-state index is 9.82. The lowest BCUT2D eigenvalue weighted by Crippen LogP contribution is -2.26. The molecule has 0 aliphatic heterocycles. The molecule has 78 valence electrons. The molecular weight excluding hydrogens is 246 g/mol. The fourth-order valence-electron chi connectivity index (χ4n) is 1.35. The number of nitrogens with two attached hydrogens (primary N) is 1. The SMILES string of the molecule is CC(C)(CON)c1cccc(Br)c1O. The lowest BCUT2D eigenvalue weighted by atomic mass is 9.85. The van der Waals surface area contributed by atoms with E-state index in [1.165, 1.54) is 0 Å². The van der Waals surface area contributed by atoms with Crippen LogP contribution in [0, 0.1) is 0 Å². The van der Waals surface area contributed by atoms with Crippen LogP contribution in [0.3, 0.4) is 0 Å². The number of phenols is 1. The first-order chi connectivity index (χ1) is 6.49. The number of hydrogen-bond donors (Lipinski definition) is 2. The van der Waals surface area contributed by atoms with Gasteiger partial charge >= 0.3 is 0 Å². The van der Waals surface area contributed by atoms with Crippen molar-refractivity contribution in [3.05, 3.63) is 28.2 Å². The first kappa shape index (κ1) is 11.5. The van der Waals surface area contributed by atoms with Gasteiger partial charge in [0.15, 0.2) is 0 Å². The Kier molecular flexibility index (Phi) is 3.53. The van der Waals surface area contributed by atoms with Crippen molar-refractivity contribution in [1.29, 1.82) is 0 Å². The Bertz CT molecular complexity index is 326. The van der Waals surface area contributed by atoms with Crippen LogP contribution in [0.15, 0.2) is 22.7 Å². The summed E-state index contributed by atoms with van der Waals surface area (Å²) in [6.45, 7) is 4.28. The highest BCUT2D eigenvalue weighted by Crippen LogP contribution is 2.35. The molecule has 0 saturated carbocycles. The van der Waals surface area contributed by atoms with Crippen LogP contribution in [0.4, 0.5) is 0 Å². The van der Waals surface area contributed by atoms with Crippen LogP contribution in [0.5, 0.6) is 5.75 Å². The molecule has 0 bridgehead atoms. The fraction of sp³-hybridized carbons (Fsp3) is 0.400. The van der Waals surface area contributed by atoms with Gasteiger partial charge in [-0.1, -0.05) is 26.0 Å². The molecule has 3 N–H and O–H groups in total. The molecule has 0 aliphatic carbocycles. The van der Waals surface area contributed by atoms with E-state index < -0.39 is 0 Å². The molecule has 0 aliphatic rings. The van der Waals surface area contributed by atoms with Gasteiger partial charge in [0, 0.05) is 11.0 Å². The molecule has 0 atom stereocenters. The normalized spacial score (nSPS) is 11.7. The van der Waals surface area contributed by atoms with Crippen LogP contribution in [-0.2, 0) is 10.3 Å². The monoisotopic (exact) mass is 259 g/mol. The van der Waals surface area contributed by atoms with Gasteiger partial charge in [-0.25, -0.2) is 5.90 Å². The summed E-state index contributed by atoms with van der Waals surface area (Å²) < 4.78 is 0.681. The second-order valence-corrected chi connectivity index (χ2v) is 4.69. The molecule has 0 amide bonds. The van der Waals surface area contributed by atoms with E-state index in [-0.39, 0.29) is 11.2 Å². The van der Waals surface area contributed by atoms with E-state index in [9.17, 15) is 5.11 Å². The maximum Gasteiger partial charge on any atom is 0.133 e. The Balaban J connectivity index is 3.12. The molecule has 0 radical (unpaired) electrons. The van der Waals surface area contributed by atoms with Gasteiger partial charge in [0.1, 0.15) is 5.75 Å². The molecule has 4 heteroatoms. The quantitative estimate of drug-likeness (QED) is 0.820. The molecule has 1 aromatic carbocycles. The summed E-state index contributed by atoms with van der Waals surface area (Å²) in [5.41, 5.74) is 0.514. The predicted octanol–water partition coefficient (Wildman–Crippen LogP) is 2.32. The number of rotatable bonds is 3. The summed E-state index contributed by atoms with van der Waals surface area (Å²) in [5.74, 6) is 5.29. The minimum Gasteiger partial charge on any atom is -0.506 e. The standard InChI is InChI=1S/C10H14BrNO2/c1-10(2,6-14-12)7-4-3-5-8(11)9(7)13/h3-5,13H,6,12H2,1-2H3. The van der Waals surface area contributed by atoms with Gasteiger partial charge in [-0.05, 0) is 22.0 Å². The largest absolute Gasteiger partial charge is 0.506 e. The smallest absolute Gasteiger partial charge is 0.133 e. The Labute approximate surface area is 92.0 Å². The third-order valence-corrected chi connectivity index (χ3v) is 2.80. The molecule has 0 fully saturated rings. The highest BCUT2D eigenvalue weighted by Gasteiger charge is 2.24. The summed E-state index contributed by atoms with van der Waals surface area (Å²) in [4.78, 5) is 4.63. The Morgan fingerprint density at radius 1 is 1.50 bits per heavy atom. The summed E-state index contributed by atoms with van der Waals surface area (Å²) in [7, 11) is 0. The van der Waals surface area contributed by atoms with E-state index >= 15 is 0 Å². The van der Waals surface area contributed by atoms with E-state index in [4.69, 9.17) is 5.90 Å². The molecule has 1 rings (SSSR count). The second kappa shape index (κ2) is 4.29. The average Bonchev–Trinajstić information content (AvgIpc) is 2.09. The lowest BCUT2D eigenvalue weighted by molar-refractivity contribution is 0.0954. The van der Waals surface area contributed by atoms with Crippen LogP contribution in [-0.4, -0.2) is 11.7 Å². The highest BCUT2D eigenvalue weighted by atomic mass is 79.9. The third kappa shape index (κ3) is 2.26. The topological polar surface area (TPSA) is 55.5 Å². The van der Waals surface area contributed by atoms with Crippen LogP contribution >= 0.6 is 15.9 Å². The van der Waals surface area contributed by atoms with Crippen molar-refractivity contribution in [1.82, 2.24) is 0 Å². The highest BCUT2D eigenvalue weighted by molar-refractivity contribution is 9.10. The molecule has 0 saturated heterocycles. The number of aromatic hydroxyl groups is 1. The number of para-hydroxylation sites is 1. The van der Waals surface area contributed by atoms with Gasteiger partial charge in [-0.15, -0.1) is 0 Å². The summed E-state index contributed by atoms with van der Waals surface area (Å²) in [5, 5.41) is 9.82. The van der Waals surface area contributed by atoms with Gasteiger partial charge in [0.05, 0.1) is 11.1 Å². The molecule has 0 heterocycles. The zero-order valence-corrected chi connectivity index (χ0v) is 9.84. The fourth-order valence-corrected chi connectivity index (χ4v) is 1.71.